The summed E-state index contributed by atoms with van der Waals surface area (Å²) in [7, 11) is -4.22. The van der Waals surface area contributed by atoms with E-state index in [0.29, 0.717) is 6.54 Å². The lowest BCUT2D eigenvalue weighted by molar-refractivity contribution is 0.483. The third-order valence-electron chi connectivity index (χ3n) is 5.55. The first-order chi connectivity index (χ1) is 14.0. The molecule has 0 bridgehead atoms. The van der Waals surface area contributed by atoms with E-state index in [0.717, 1.165) is 24.2 Å². The Morgan fingerprint density at radius 2 is 1.66 bits per heavy atom. The average Bonchev–Trinajstić information content (AvgIpc) is 3.04. The van der Waals surface area contributed by atoms with Crippen LogP contribution in [-0.2, 0) is 16.7 Å². The molecule has 1 heterocycles. The number of hydrogen-bond acceptors (Lipinski definition) is 4. The maximum atomic E-state index is 11.6. The normalized spacial score (nSPS) is 15.9. The number of anilines is 2. The van der Waals surface area contributed by atoms with E-state index in [4.69, 9.17) is 0 Å². The highest BCUT2D eigenvalue weighted by Crippen LogP contribution is 2.38. The smallest absolute Gasteiger partial charge is 0.294 e. The van der Waals surface area contributed by atoms with Gasteiger partial charge in [-0.1, -0.05) is 75.8 Å². The van der Waals surface area contributed by atoms with Gasteiger partial charge in [0.1, 0.15) is 0 Å². The summed E-state index contributed by atoms with van der Waals surface area (Å²) in [5.41, 5.74) is 2.92. The third kappa shape index (κ3) is 5.97. The van der Waals surface area contributed by atoms with Crippen molar-refractivity contribution in [3.63, 3.8) is 0 Å². The second-order valence-corrected chi connectivity index (χ2v) is 9.26. The molecule has 0 fully saturated rings. The fourth-order valence-corrected chi connectivity index (χ4v) is 4.46. The Hall–Kier alpha value is -2.05. The molecular weight excluding hydrogens is 384 g/mol. The standard InChI is InChI=1S/C23H32N2O3S/c1-2-3-4-5-6-7-11-14-23-24-21-16-15-20(29(26,27)28)17-22(21)25(23)18-19-12-9-8-10-13-19/h8-10,12-13,15-17,23-24H,2-7,11,14,18H2,1H3,(H,26,27,28). The molecule has 3 rings (SSSR count). The van der Waals surface area contributed by atoms with Crippen LogP contribution in [-0.4, -0.2) is 19.1 Å². The topological polar surface area (TPSA) is 69.6 Å². The largest absolute Gasteiger partial charge is 0.363 e. The van der Waals surface area contributed by atoms with Gasteiger partial charge < -0.3 is 10.2 Å². The van der Waals surface area contributed by atoms with Gasteiger partial charge in [0.25, 0.3) is 10.1 Å². The van der Waals surface area contributed by atoms with Crippen LogP contribution in [0.25, 0.3) is 0 Å². The van der Waals surface area contributed by atoms with Gasteiger partial charge in [-0.2, -0.15) is 8.42 Å². The Morgan fingerprint density at radius 3 is 2.34 bits per heavy atom. The van der Waals surface area contributed by atoms with E-state index in [1.165, 1.54) is 50.2 Å². The van der Waals surface area contributed by atoms with Crippen LogP contribution >= 0.6 is 0 Å². The quantitative estimate of drug-likeness (QED) is 0.356. The van der Waals surface area contributed by atoms with Gasteiger partial charge in [-0.3, -0.25) is 4.55 Å². The summed E-state index contributed by atoms with van der Waals surface area (Å²) >= 11 is 0. The number of benzene rings is 2. The minimum Gasteiger partial charge on any atom is -0.363 e. The van der Waals surface area contributed by atoms with Crippen LogP contribution in [0.1, 0.15) is 63.9 Å². The summed E-state index contributed by atoms with van der Waals surface area (Å²) in [6, 6.07) is 15.0. The summed E-state index contributed by atoms with van der Waals surface area (Å²) in [5.74, 6) is 0. The third-order valence-corrected chi connectivity index (χ3v) is 6.40. The molecule has 5 nitrogen and oxygen atoms in total. The van der Waals surface area contributed by atoms with Crippen molar-refractivity contribution in [3.05, 3.63) is 54.1 Å². The molecule has 1 aliphatic rings. The van der Waals surface area contributed by atoms with E-state index < -0.39 is 10.1 Å². The lowest BCUT2D eigenvalue weighted by Crippen LogP contribution is -2.35. The first kappa shape index (κ1) is 21.7. The van der Waals surface area contributed by atoms with Gasteiger partial charge in [0.05, 0.1) is 22.4 Å². The Bertz CT molecular complexity index is 884. The molecule has 2 aromatic carbocycles. The fraction of sp³-hybridized carbons (Fsp3) is 0.478. The first-order valence-corrected chi connectivity index (χ1v) is 12.1. The van der Waals surface area contributed by atoms with Gasteiger partial charge in [-0.15, -0.1) is 0 Å². The molecular formula is C23H32N2O3S. The maximum absolute atomic E-state index is 11.6. The van der Waals surface area contributed by atoms with Gasteiger partial charge in [0.15, 0.2) is 0 Å². The molecule has 1 unspecified atom stereocenters. The molecule has 29 heavy (non-hydrogen) atoms. The van der Waals surface area contributed by atoms with Gasteiger partial charge >= 0.3 is 0 Å². The minimum absolute atomic E-state index is 0.0623. The number of nitrogens with one attached hydrogen (secondary N) is 1. The second kappa shape index (κ2) is 10.1. The van der Waals surface area contributed by atoms with Crippen molar-refractivity contribution in [1.29, 1.82) is 0 Å². The Kier molecular flexibility index (Phi) is 7.56. The van der Waals surface area contributed by atoms with E-state index in [2.05, 4.69) is 29.3 Å². The fourth-order valence-electron chi connectivity index (χ4n) is 3.96. The van der Waals surface area contributed by atoms with E-state index in [9.17, 15) is 13.0 Å². The zero-order chi connectivity index (χ0) is 20.7. The van der Waals surface area contributed by atoms with E-state index in [1.807, 2.05) is 18.2 Å². The van der Waals surface area contributed by atoms with Gasteiger partial charge in [-0.05, 0) is 36.6 Å². The van der Waals surface area contributed by atoms with E-state index >= 15 is 0 Å². The molecule has 2 N–H and O–H groups in total. The molecule has 0 saturated heterocycles. The van der Waals surface area contributed by atoms with Crippen LogP contribution in [0.2, 0.25) is 0 Å². The zero-order valence-corrected chi connectivity index (χ0v) is 18.0. The van der Waals surface area contributed by atoms with E-state index in [1.54, 1.807) is 12.1 Å². The van der Waals surface area contributed by atoms with Gasteiger partial charge in [0, 0.05) is 6.54 Å². The highest BCUT2D eigenvalue weighted by molar-refractivity contribution is 7.85. The molecule has 0 amide bonds. The summed E-state index contributed by atoms with van der Waals surface area (Å²) in [5, 5.41) is 3.54. The molecule has 0 saturated carbocycles. The van der Waals surface area contributed by atoms with Gasteiger partial charge in [0.2, 0.25) is 0 Å². The number of hydrogen-bond donors (Lipinski definition) is 2. The summed E-state index contributed by atoms with van der Waals surface area (Å²) in [4.78, 5) is 2.16. The SMILES string of the molecule is CCCCCCCCCC1Nc2ccc(S(=O)(=O)O)cc2N1Cc1ccccc1. The molecule has 0 radical (unpaired) electrons. The van der Waals surface area contributed by atoms with Crippen molar-refractivity contribution >= 4 is 21.5 Å². The van der Waals surface area contributed by atoms with Crippen LogP contribution in [0.3, 0.4) is 0 Å². The van der Waals surface area contributed by atoms with Gasteiger partial charge in [-0.25, -0.2) is 0 Å². The molecule has 1 atom stereocenters. The Morgan fingerprint density at radius 1 is 0.966 bits per heavy atom. The highest BCUT2D eigenvalue weighted by Gasteiger charge is 2.29. The lowest BCUT2D eigenvalue weighted by atomic mass is 10.1. The molecule has 1 aliphatic heterocycles. The van der Waals surface area contributed by atoms with Crippen LogP contribution in [0.4, 0.5) is 11.4 Å². The first-order valence-electron chi connectivity index (χ1n) is 10.7. The second-order valence-electron chi connectivity index (χ2n) is 7.84. The monoisotopic (exact) mass is 416 g/mol. The van der Waals surface area contributed by atoms with Crippen LogP contribution in [0.15, 0.2) is 53.4 Å². The minimum atomic E-state index is -4.22. The number of rotatable bonds is 11. The van der Waals surface area contributed by atoms with Crippen molar-refractivity contribution in [2.24, 2.45) is 0 Å². The Labute approximate surface area is 174 Å². The van der Waals surface area contributed by atoms with Crippen molar-refractivity contribution < 1.29 is 13.0 Å². The number of fused-ring (bicyclic) bond motifs is 1. The molecule has 2 aromatic rings. The Balaban J connectivity index is 1.70. The highest BCUT2D eigenvalue weighted by atomic mass is 32.2. The maximum Gasteiger partial charge on any atom is 0.294 e. The molecule has 0 aromatic heterocycles. The van der Waals surface area contributed by atoms with Crippen LogP contribution < -0.4 is 10.2 Å². The molecule has 0 spiro atoms. The zero-order valence-electron chi connectivity index (χ0n) is 17.2. The van der Waals surface area contributed by atoms with Crippen LogP contribution in [0, 0.1) is 0 Å². The van der Waals surface area contributed by atoms with Crippen LogP contribution in [0.5, 0.6) is 0 Å². The molecule has 158 valence electrons. The van der Waals surface area contributed by atoms with Crippen molar-refractivity contribution in [2.45, 2.75) is 75.9 Å². The van der Waals surface area contributed by atoms with Crippen molar-refractivity contribution in [1.82, 2.24) is 0 Å². The van der Waals surface area contributed by atoms with E-state index in [-0.39, 0.29) is 11.1 Å². The predicted octanol–water partition coefficient (Wildman–Crippen LogP) is 5.83. The van der Waals surface area contributed by atoms with Crippen molar-refractivity contribution in [2.75, 3.05) is 10.2 Å². The number of nitrogens with zero attached hydrogens (tertiary/aromatic N) is 1. The van der Waals surface area contributed by atoms with Crippen molar-refractivity contribution in [3.8, 4) is 0 Å². The summed E-state index contributed by atoms with van der Waals surface area (Å²) in [6.07, 6.45) is 9.95. The molecule has 0 aliphatic carbocycles. The average molecular weight is 417 g/mol. The predicted molar refractivity (Wildman–Crippen MR) is 119 cm³/mol. The number of unbranched alkanes of at least 4 members (excludes halogenated alkanes) is 6. The lowest BCUT2D eigenvalue weighted by Gasteiger charge is -2.27. The molecule has 6 heteroatoms. The summed E-state index contributed by atoms with van der Waals surface area (Å²) < 4.78 is 32.7. The summed E-state index contributed by atoms with van der Waals surface area (Å²) in [6.45, 7) is 2.93.